The molecule has 0 radical (unpaired) electrons. The number of benzene rings is 1. The smallest absolute Gasteiger partial charge is 0.248 e. The number of likely N-dealkylation sites (N-methyl/N-ethyl adjacent to an activating group) is 1. The van der Waals surface area contributed by atoms with E-state index < -0.39 is 5.91 Å². The van der Waals surface area contributed by atoms with Gasteiger partial charge in [0, 0.05) is 24.7 Å². The summed E-state index contributed by atoms with van der Waals surface area (Å²) in [4.78, 5) is 13.5. The van der Waals surface area contributed by atoms with E-state index in [2.05, 4.69) is 17.3 Å². The normalized spacial score (nSPS) is 15.7. The number of carbonyl (C=O) groups excluding carboxylic acids is 1. The molecule has 0 unspecified atom stereocenters. The number of nitrogen functional groups attached to an aromatic ring is 1. The lowest BCUT2D eigenvalue weighted by Crippen LogP contribution is -2.33. The summed E-state index contributed by atoms with van der Waals surface area (Å²) in [5, 5.41) is 3.31. The Morgan fingerprint density at radius 3 is 2.70 bits per heavy atom. The highest BCUT2D eigenvalue weighted by Gasteiger charge is 2.18. The lowest BCUT2D eigenvalue weighted by atomic mass is 10.1. The highest BCUT2D eigenvalue weighted by molar-refractivity contribution is 5.94. The van der Waals surface area contributed by atoms with Gasteiger partial charge >= 0.3 is 0 Å². The number of hydrogen-bond acceptors (Lipinski definition) is 4. The maximum atomic E-state index is 11.1. The van der Waals surface area contributed by atoms with Gasteiger partial charge in [0.1, 0.15) is 0 Å². The van der Waals surface area contributed by atoms with Crippen LogP contribution in [-0.4, -0.2) is 37.0 Å². The van der Waals surface area contributed by atoms with Gasteiger partial charge in [0.15, 0.2) is 0 Å². The fourth-order valence-corrected chi connectivity index (χ4v) is 2.77. The van der Waals surface area contributed by atoms with E-state index in [-0.39, 0.29) is 0 Å². The average Bonchev–Trinajstić information content (AvgIpc) is 2.94. The topological polar surface area (TPSA) is 84.4 Å². The number of carbonyl (C=O) groups is 1. The molecular weight excluding hydrogens is 252 g/mol. The third kappa shape index (κ3) is 3.63. The molecule has 110 valence electrons. The van der Waals surface area contributed by atoms with E-state index in [1.54, 1.807) is 12.1 Å². The van der Waals surface area contributed by atoms with E-state index in [1.165, 1.54) is 25.7 Å². The molecule has 0 spiro atoms. The summed E-state index contributed by atoms with van der Waals surface area (Å²) in [5.41, 5.74) is 13.0. The van der Waals surface area contributed by atoms with Crippen LogP contribution in [0.25, 0.3) is 0 Å². The lowest BCUT2D eigenvalue weighted by molar-refractivity contribution is 0.100. The maximum Gasteiger partial charge on any atom is 0.248 e. The highest BCUT2D eigenvalue weighted by Crippen LogP contribution is 2.22. The zero-order valence-electron chi connectivity index (χ0n) is 12.1. The summed E-state index contributed by atoms with van der Waals surface area (Å²) in [7, 11) is 2.18. The first-order chi connectivity index (χ1) is 9.58. The molecule has 0 bridgehead atoms. The van der Waals surface area contributed by atoms with Crippen molar-refractivity contribution in [2.75, 3.05) is 31.2 Å². The fourth-order valence-electron chi connectivity index (χ4n) is 2.77. The van der Waals surface area contributed by atoms with Gasteiger partial charge in [0.25, 0.3) is 0 Å². The van der Waals surface area contributed by atoms with E-state index in [1.807, 2.05) is 6.07 Å². The monoisotopic (exact) mass is 276 g/mol. The molecule has 1 aliphatic carbocycles. The second-order valence-electron chi connectivity index (χ2n) is 5.51. The van der Waals surface area contributed by atoms with Gasteiger partial charge in [-0.2, -0.15) is 0 Å². The number of amides is 1. The number of hydrogen-bond donors (Lipinski definition) is 3. The SMILES string of the molecule is CN(CCNc1ccc(C(N)=O)cc1N)C1CCCC1. The maximum absolute atomic E-state index is 11.1. The quantitative estimate of drug-likeness (QED) is 0.690. The minimum absolute atomic E-state index is 0.441. The van der Waals surface area contributed by atoms with Crippen molar-refractivity contribution in [1.29, 1.82) is 0 Å². The van der Waals surface area contributed by atoms with Crippen molar-refractivity contribution in [1.82, 2.24) is 4.90 Å². The van der Waals surface area contributed by atoms with Crippen LogP contribution < -0.4 is 16.8 Å². The van der Waals surface area contributed by atoms with Crippen molar-refractivity contribution in [3.63, 3.8) is 0 Å². The molecule has 5 heteroatoms. The van der Waals surface area contributed by atoms with Gasteiger partial charge in [-0.15, -0.1) is 0 Å². The molecule has 0 heterocycles. The molecule has 1 saturated carbocycles. The van der Waals surface area contributed by atoms with Crippen molar-refractivity contribution >= 4 is 17.3 Å². The Kier molecular flexibility index (Phi) is 4.84. The van der Waals surface area contributed by atoms with Gasteiger partial charge in [-0.1, -0.05) is 12.8 Å². The number of rotatable bonds is 6. The molecule has 1 aromatic carbocycles. The van der Waals surface area contributed by atoms with Crippen LogP contribution in [0.5, 0.6) is 0 Å². The molecule has 0 saturated heterocycles. The minimum atomic E-state index is -0.454. The molecule has 1 aliphatic rings. The second-order valence-corrected chi connectivity index (χ2v) is 5.51. The van der Waals surface area contributed by atoms with E-state index >= 15 is 0 Å². The Hall–Kier alpha value is -1.75. The van der Waals surface area contributed by atoms with Crippen LogP contribution in [0, 0.1) is 0 Å². The number of nitrogens with two attached hydrogens (primary N) is 2. The van der Waals surface area contributed by atoms with Gasteiger partial charge in [-0.05, 0) is 38.1 Å². The molecule has 0 aliphatic heterocycles. The molecule has 2 rings (SSSR count). The van der Waals surface area contributed by atoms with Crippen molar-refractivity contribution in [3.8, 4) is 0 Å². The Balaban J connectivity index is 1.83. The molecular formula is C15H24N4O. The predicted molar refractivity (Wildman–Crippen MR) is 82.7 cm³/mol. The molecule has 1 fully saturated rings. The summed E-state index contributed by atoms with van der Waals surface area (Å²) in [5.74, 6) is -0.454. The number of primary amides is 1. The van der Waals surface area contributed by atoms with E-state index in [4.69, 9.17) is 11.5 Å². The number of nitrogens with one attached hydrogen (secondary N) is 1. The van der Waals surface area contributed by atoms with Crippen LogP contribution in [0.3, 0.4) is 0 Å². The largest absolute Gasteiger partial charge is 0.397 e. The molecule has 0 atom stereocenters. The van der Waals surface area contributed by atoms with E-state index in [0.29, 0.717) is 11.3 Å². The first kappa shape index (κ1) is 14.7. The summed E-state index contributed by atoms with van der Waals surface area (Å²) >= 11 is 0. The zero-order chi connectivity index (χ0) is 14.5. The van der Waals surface area contributed by atoms with Gasteiger partial charge in [-0.3, -0.25) is 4.79 Å². The van der Waals surface area contributed by atoms with Crippen LogP contribution >= 0.6 is 0 Å². The first-order valence-electron chi connectivity index (χ1n) is 7.21. The molecule has 5 nitrogen and oxygen atoms in total. The first-order valence-corrected chi connectivity index (χ1v) is 7.21. The van der Waals surface area contributed by atoms with Crippen molar-refractivity contribution in [3.05, 3.63) is 23.8 Å². The van der Waals surface area contributed by atoms with Gasteiger partial charge in [0.2, 0.25) is 5.91 Å². The molecule has 0 aromatic heterocycles. The third-order valence-corrected chi connectivity index (χ3v) is 4.06. The summed E-state index contributed by atoms with van der Waals surface area (Å²) in [6.45, 7) is 1.83. The molecule has 20 heavy (non-hydrogen) atoms. The zero-order valence-corrected chi connectivity index (χ0v) is 12.1. The van der Waals surface area contributed by atoms with Crippen molar-refractivity contribution in [2.24, 2.45) is 5.73 Å². The van der Waals surface area contributed by atoms with Gasteiger partial charge in [0.05, 0.1) is 11.4 Å². The van der Waals surface area contributed by atoms with Crippen LogP contribution in [-0.2, 0) is 0 Å². The fraction of sp³-hybridized carbons (Fsp3) is 0.533. The Bertz CT molecular complexity index is 469. The summed E-state index contributed by atoms with van der Waals surface area (Å²) in [6, 6.07) is 5.85. The van der Waals surface area contributed by atoms with Crippen LogP contribution in [0.4, 0.5) is 11.4 Å². The lowest BCUT2D eigenvalue weighted by Gasteiger charge is -2.24. The standard InChI is InChI=1S/C15H24N4O/c1-19(12-4-2-3-5-12)9-8-18-14-7-6-11(15(17)20)10-13(14)16/h6-7,10,12,18H,2-5,8-9,16H2,1H3,(H2,17,20). The summed E-state index contributed by atoms with van der Waals surface area (Å²) < 4.78 is 0. The molecule has 5 N–H and O–H groups in total. The van der Waals surface area contributed by atoms with Crippen molar-refractivity contribution in [2.45, 2.75) is 31.7 Å². The Morgan fingerprint density at radius 2 is 2.10 bits per heavy atom. The van der Waals surface area contributed by atoms with Gasteiger partial charge in [-0.25, -0.2) is 0 Å². The minimum Gasteiger partial charge on any atom is -0.397 e. The van der Waals surface area contributed by atoms with Crippen LogP contribution in [0.1, 0.15) is 36.0 Å². The Labute approximate surface area is 120 Å². The predicted octanol–water partition coefficient (Wildman–Crippen LogP) is 1.65. The van der Waals surface area contributed by atoms with Crippen LogP contribution in [0.2, 0.25) is 0 Å². The van der Waals surface area contributed by atoms with Gasteiger partial charge < -0.3 is 21.7 Å². The highest BCUT2D eigenvalue weighted by atomic mass is 16.1. The average molecular weight is 276 g/mol. The van der Waals surface area contributed by atoms with E-state index in [0.717, 1.165) is 24.8 Å². The van der Waals surface area contributed by atoms with Crippen LogP contribution in [0.15, 0.2) is 18.2 Å². The second kappa shape index (κ2) is 6.61. The van der Waals surface area contributed by atoms with Crippen molar-refractivity contribution < 1.29 is 4.79 Å². The summed E-state index contributed by atoms with van der Waals surface area (Å²) in [6.07, 6.45) is 5.33. The van der Waals surface area contributed by atoms with E-state index in [9.17, 15) is 4.79 Å². The molecule has 1 amide bonds. The molecule has 1 aromatic rings. The Morgan fingerprint density at radius 1 is 1.40 bits per heavy atom. The number of anilines is 2. The number of nitrogens with zero attached hydrogens (tertiary/aromatic N) is 1. The third-order valence-electron chi connectivity index (χ3n) is 4.06.